The van der Waals surface area contributed by atoms with Crippen molar-refractivity contribution in [1.29, 1.82) is 0 Å². The second-order valence-electron chi connectivity index (χ2n) is 6.65. The highest BCUT2D eigenvalue weighted by molar-refractivity contribution is 4.80. The first-order chi connectivity index (χ1) is 9.74. The monoisotopic (exact) mass is 283 g/mol. The molecule has 20 heavy (non-hydrogen) atoms. The molecule has 0 heterocycles. The summed E-state index contributed by atoms with van der Waals surface area (Å²) in [5.74, 6) is 0. The third kappa shape index (κ3) is 9.80. The van der Waals surface area contributed by atoms with Crippen molar-refractivity contribution in [2.24, 2.45) is 5.41 Å². The van der Waals surface area contributed by atoms with Gasteiger partial charge in [-0.15, -0.1) is 0 Å². The molecule has 1 heteroatoms. The van der Waals surface area contributed by atoms with Crippen molar-refractivity contribution in [1.82, 2.24) is 5.32 Å². The Morgan fingerprint density at radius 2 is 1.25 bits per heavy atom. The van der Waals surface area contributed by atoms with Crippen molar-refractivity contribution >= 4 is 0 Å². The molecule has 0 saturated heterocycles. The third-order valence-corrected chi connectivity index (χ3v) is 4.80. The minimum absolute atomic E-state index is 0.579. The van der Waals surface area contributed by atoms with E-state index >= 15 is 0 Å². The quantitative estimate of drug-likeness (QED) is 0.347. The molecule has 0 saturated carbocycles. The van der Waals surface area contributed by atoms with E-state index in [2.05, 4.69) is 33.0 Å². The third-order valence-electron chi connectivity index (χ3n) is 4.80. The van der Waals surface area contributed by atoms with Gasteiger partial charge in [0.2, 0.25) is 0 Å². The molecular weight excluding hydrogens is 242 g/mol. The van der Waals surface area contributed by atoms with E-state index in [4.69, 9.17) is 0 Å². The van der Waals surface area contributed by atoms with Crippen LogP contribution in [-0.4, -0.2) is 13.1 Å². The molecule has 0 aliphatic heterocycles. The minimum atomic E-state index is 0.579. The molecule has 0 aromatic rings. The highest BCUT2D eigenvalue weighted by Gasteiger charge is 2.26. The Morgan fingerprint density at radius 3 is 1.85 bits per heavy atom. The van der Waals surface area contributed by atoms with Crippen molar-refractivity contribution in [2.75, 3.05) is 13.1 Å². The Morgan fingerprint density at radius 1 is 0.650 bits per heavy atom. The summed E-state index contributed by atoms with van der Waals surface area (Å²) >= 11 is 0. The summed E-state index contributed by atoms with van der Waals surface area (Å²) < 4.78 is 0. The van der Waals surface area contributed by atoms with Gasteiger partial charge in [-0.2, -0.15) is 0 Å². The van der Waals surface area contributed by atoms with E-state index < -0.39 is 0 Å². The summed E-state index contributed by atoms with van der Waals surface area (Å²) in [4.78, 5) is 0. The first-order valence-electron chi connectivity index (χ1n) is 9.45. The topological polar surface area (TPSA) is 12.0 Å². The molecule has 0 amide bonds. The molecule has 0 bridgehead atoms. The van der Waals surface area contributed by atoms with Crippen LogP contribution in [0.4, 0.5) is 0 Å². The SMILES string of the molecule is CCCCCCCCC(CC)(CCCC)CNCCC. The Labute approximate surface area is 129 Å². The van der Waals surface area contributed by atoms with E-state index in [0.29, 0.717) is 5.41 Å². The number of unbranched alkanes of at least 4 members (excludes halogenated alkanes) is 6. The first-order valence-corrected chi connectivity index (χ1v) is 9.45. The van der Waals surface area contributed by atoms with Crippen LogP contribution in [0.3, 0.4) is 0 Å². The van der Waals surface area contributed by atoms with Gasteiger partial charge in [0.25, 0.3) is 0 Å². The van der Waals surface area contributed by atoms with E-state index in [-0.39, 0.29) is 0 Å². The highest BCUT2D eigenvalue weighted by Crippen LogP contribution is 2.34. The molecule has 1 atom stereocenters. The van der Waals surface area contributed by atoms with Crippen molar-refractivity contribution in [3.63, 3.8) is 0 Å². The fraction of sp³-hybridized carbons (Fsp3) is 1.00. The van der Waals surface area contributed by atoms with Gasteiger partial charge in [-0.1, -0.05) is 79.1 Å². The molecule has 0 radical (unpaired) electrons. The molecule has 0 fully saturated rings. The summed E-state index contributed by atoms with van der Waals surface area (Å²) in [7, 11) is 0. The maximum absolute atomic E-state index is 3.70. The molecule has 0 aromatic heterocycles. The molecule has 122 valence electrons. The fourth-order valence-electron chi connectivity index (χ4n) is 3.14. The highest BCUT2D eigenvalue weighted by atomic mass is 14.9. The largest absolute Gasteiger partial charge is 0.316 e. The van der Waals surface area contributed by atoms with Crippen molar-refractivity contribution < 1.29 is 0 Å². The van der Waals surface area contributed by atoms with E-state index in [1.807, 2.05) is 0 Å². The molecule has 0 rings (SSSR count). The van der Waals surface area contributed by atoms with Crippen LogP contribution < -0.4 is 5.32 Å². The van der Waals surface area contributed by atoms with E-state index in [9.17, 15) is 0 Å². The second-order valence-corrected chi connectivity index (χ2v) is 6.65. The number of rotatable bonds is 15. The maximum Gasteiger partial charge on any atom is 0.000770 e. The lowest BCUT2D eigenvalue weighted by atomic mass is 9.75. The van der Waals surface area contributed by atoms with Crippen LogP contribution in [0.25, 0.3) is 0 Å². The molecule has 1 unspecified atom stereocenters. The minimum Gasteiger partial charge on any atom is -0.316 e. The number of hydrogen-bond acceptors (Lipinski definition) is 1. The Bertz CT molecular complexity index is 190. The standard InChI is InChI=1S/C19H41N/c1-5-9-11-12-13-14-16-19(8-4,15-10-6-2)18-20-17-7-3/h20H,5-18H2,1-4H3. The zero-order valence-corrected chi connectivity index (χ0v) is 14.9. The van der Waals surface area contributed by atoms with Crippen molar-refractivity contribution in [3.8, 4) is 0 Å². The summed E-state index contributed by atoms with van der Waals surface area (Å²) in [6.45, 7) is 11.7. The fourth-order valence-corrected chi connectivity index (χ4v) is 3.14. The predicted octanol–water partition coefficient (Wildman–Crippen LogP) is 6.32. The van der Waals surface area contributed by atoms with Crippen LogP contribution in [0.15, 0.2) is 0 Å². The van der Waals surface area contributed by atoms with Crippen LogP contribution in [-0.2, 0) is 0 Å². The number of nitrogens with one attached hydrogen (secondary N) is 1. The lowest BCUT2D eigenvalue weighted by Crippen LogP contribution is -2.34. The Balaban J connectivity index is 4.06. The van der Waals surface area contributed by atoms with Crippen LogP contribution in [0.2, 0.25) is 0 Å². The predicted molar refractivity (Wildman–Crippen MR) is 93.4 cm³/mol. The maximum atomic E-state index is 3.70. The van der Waals surface area contributed by atoms with Gasteiger partial charge in [0.15, 0.2) is 0 Å². The Hall–Kier alpha value is -0.0400. The van der Waals surface area contributed by atoms with E-state index in [1.165, 1.54) is 90.1 Å². The van der Waals surface area contributed by atoms with Gasteiger partial charge in [-0.25, -0.2) is 0 Å². The molecule has 0 aliphatic rings. The Kier molecular flexibility index (Phi) is 13.9. The van der Waals surface area contributed by atoms with Gasteiger partial charge in [0.05, 0.1) is 0 Å². The number of hydrogen-bond donors (Lipinski definition) is 1. The molecule has 0 aromatic carbocycles. The molecule has 1 N–H and O–H groups in total. The van der Waals surface area contributed by atoms with Crippen LogP contribution in [0, 0.1) is 5.41 Å². The zero-order chi connectivity index (χ0) is 15.1. The van der Waals surface area contributed by atoms with Crippen molar-refractivity contribution in [3.05, 3.63) is 0 Å². The molecule has 1 nitrogen and oxygen atoms in total. The summed E-state index contributed by atoms with van der Waals surface area (Å²) in [5.41, 5.74) is 0.579. The molecule has 0 aliphatic carbocycles. The smallest absolute Gasteiger partial charge is 0.000770 e. The van der Waals surface area contributed by atoms with Gasteiger partial charge in [0.1, 0.15) is 0 Å². The van der Waals surface area contributed by atoms with Gasteiger partial charge in [0, 0.05) is 6.54 Å². The second kappa shape index (κ2) is 13.9. The summed E-state index contributed by atoms with van der Waals surface area (Å²) in [5, 5.41) is 3.70. The normalized spacial score (nSPS) is 14.4. The first kappa shape index (κ1) is 20.0. The van der Waals surface area contributed by atoms with Gasteiger partial charge < -0.3 is 5.32 Å². The summed E-state index contributed by atoms with van der Waals surface area (Å²) in [6.07, 6.45) is 16.8. The van der Waals surface area contributed by atoms with Crippen LogP contribution in [0.5, 0.6) is 0 Å². The average molecular weight is 284 g/mol. The van der Waals surface area contributed by atoms with E-state index in [0.717, 1.165) is 0 Å². The van der Waals surface area contributed by atoms with Gasteiger partial charge >= 0.3 is 0 Å². The average Bonchev–Trinajstić information content (AvgIpc) is 2.48. The van der Waals surface area contributed by atoms with Gasteiger partial charge in [-0.3, -0.25) is 0 Å². The summed E-state index contributed by atoms with van der Waals surface area (Å²) in [6, 6.07) is 0. The molecular formula is C19H41N. The van der Waals surface area contributed by atoms with Crippen molar-refractivity contribution in [2.45, 2.75) is 105 Å². The van der Waals surface area contributed by atoms with Crippen LogP contribution in [0.1, 0.15) is 105 Å². The zero-order valence-electron chi connectivity index (χ0n) is 14.9. The van der Waals surface area contributed by atoms with Crippen LogP contribution >= 0.6 is 0 Å². The lowest BCUT2D eigenvalue weighted by Gasteiger charge is -2.33. The van der Waals surface area contributed by atoms with Gasteiger partial charge in [-0.05, 0) is 37.6 Å². The lowest BCUT2D eigenvalue weighted by molar-refractivity contribution is 0.204. The molecule has 0 spiro atoms. The van der Waals surface area contributed by atoms with E-state index in [1.54, 1.807) is 0 Å².